The minimum absolute atomic E-state index is 0.0943. The standard InChI is InChI=1S/C31H25F2N5O3/c1-5-38-18(4)27(19-6-8-21(32)9-7-19)30(39)29(37-38)31(40)36-22-10-11-25(23(33)15-22)41-26-12-13-34-24-14-20(17(2)3)16-35-28(24)26/h6-16H,2,5H2,1,3-4H3,(H,36,40). The molecule has 0 fully saturated rings. The number of fused-ring (bicyclic) bond motifs is 1. The number of ether oxygens (including phenoxy) is 1. The fourth-order valence-corrected chi connectivity index (χ4v) is 4.36. The largest absolute Gasteiger partial charge is 0.452 e. The molecule has 41 heavy (non-hydrogen) atoms. The van der Waals surface area contributed by atoms with Crippen molar-refractivity contribution >= 4 is 28.2 Å². The molecule has 1 amide bonds. The van der Waals surface area contributed by atoms with Gasteiger partial charge in [0.25, 0.3) is 5.91 Å². The highest BCUT2D eigenvalue weighted by atomic mass is 19.1. The van der Waals surface area contributed by atoms with Crippen molar-refractivity contribution < 1.29 is 18.3 Å². The summed E-state index contributed by atoms with van der Waals surface area (Å²) in [5, 5.41) is 6.75. The summed E-state index contributed by atoms with van der Waals surface area (Å²) < 4.78 is 35.9. The minimum Gasteiger partial charge on any atom is -0.452 e. The van der Waals surface area contributed by atoms with Gasteiger partial charge in [0.15, 0.2) is 23.0 Å². The summed E-state index contributed by atoms with van der Waals surface area (Å²) in [4.78, 5) is 35.2. The van der Waals surface area contributed by atoms with Gasteiger partial charge in [-0.25, -0.2) is 8.78 Å². The highest BCUT2D eigenvalue weighted by Gasteiger charge is 2.21. The first-order valence-electron chi connectivity index (χ1n) is 12.7. The highest BCUT2D eigenvalue weighted by Crippen LogP contribution is 2.31. The molecule has 1 N–H and O–H groups in total. The van der Waals surface area contributed by atoms with Gasteiger partial charge < -0.3 is 10.1 Å². The van der Waals surface area contributed by atoms with Crippen LogP contribution in [-0.2, 0) is 6.54 Å². The zero-order chi connectivity index (χ0) is 29.3. The smallest absolute Gasteiger partial charge is 0.280 e. The van der Waals surface area contributed by atoms with Crippen molar-refractivity contribution in [3.63, 3.8) is 0 Å². The number of hydrogen-bond donors (Lipinski definition) is 1. The average molecular weight is 554 g/mol. The number of allylic oxidation sites excluding steroid dienone is 1. The molecule has 2 aromatic carbocycles. The number of pyridine rings is 2. The summed E-state index contributed by atoms with van der Waals surface area (Å²) in [6.45, 7) is 9.67. The third-order valence-electron chi connectivity index (χ3n) is 6.50. The molecule has 0 aliphatic heterocycles. The van der Waals surface area contributed by atoms with Gasteiger partial charge >= 0.3 is 0 Å². The molecule has 0 radical (unpaired) electrons. The quantitative estimate of drug-likeness (QED) is 0.246. The summed E-state index contributed by atoms with van der Waals surface area (Å²) in [7, 11) is 0. The van der Waals surface area contributed by atoms with Crippen molar-refractivity contribution in [1.82, 2.24) is 19.7 Å². The molecule has 0 spiro atoms. The molecule has 0 aliphatic carbocycles. The van der Waals surface area contributed by atoms with Crippen LogP contribution in [0.5, 0.6) is 11.5 Å². The minimum atomic E-state index is -0.814. The third-order valence-corrected chi connectivity index (χ3v) is 6.50. The normalized spacial score (nSPS) is 11.0. The summed E-state index contributed by atoms with van der Waals surface area (Å²) in [6.07, 6.45) is 3.17. The van der Waals surface area contributed by atoms with Crippen LogP contribution in [0.3, 0.4) is 0 Å². The first-order valence-corrected chi connectivity index (χ1v) is 12.7. The Balaban J connectivity index is 1.42. The van der Waals surface area contributed by atoms with E-state index in [0.717, 1.165) is 17.2 Å². The Morgan fingerprint density at radius 1 is 1.05 bits per heavy atom. The molecule has 3 heterocycles. The molecule has 0 saturated heterocycles. The average Bonchev–Trinajstić information content (AvgIpc) is 2.95. The Hall–Kier alpha value is -5.25. The topological polar surface area (TPSA) is 99.0 Å². The fraction of sp³-hybridized carbons (Fsp3) is 0.129. The van der Waals surface area contributed by atoms with Gasteiger partial charge in [-0.05, 0) is 67.8 Å². The predicted octanol–water partition coefficient (Wildman–Crippen LogP) is 6.54. The van der Waals surface area contributed by atoms with Gasteiger partial charge in [-0.15, -0.1) is 0 Å². The number of rotatable bonds is 7. The van der Waals surface area contributed by atoms with E-state index in [1.807, 2.05) is 19.9 Å². The van der Waals surface area contributed by atoms with Gasteiger partial charge in [0, 0.05) is 42.5 Å². The van der Waals surface area contributed by atoms with E-state index in [1.54, 1.807) is 19.2 Å². The van der Waals surface area contributed by atoms with Crippen LogP contribution in [0.2, 0.25) is 0 Å². The lowest BCUT2D eigenvalue weighted by Gasteiger charge is -2.15. The molecular formula is C31H25F2N5O3. The second-order valence-corrected chi connectivity index (χ2v) is 9.34. The number of nitrogens with zero attached hydrogens (tertiary/aromatic N) is 4. The Labute approximate surface area is 234 Å². The van der Waals surface area contributed by atoms with Crippen LogP contribution in [0, 0.1) is 18.6 Å². The molecule has 0 saturated carbocycles. The van der Waals surface area contributed by atoms with E-state index in [9.17, 15) is 14.0 Å². The molecule has 0 atom stereocenters. The van der Waals surface area contributed by atoms with Crippen LogP contribution in [0.25, 0.3) is 27.7 Å². The van der Waals surface area contributed by atoms with Crippen molar-refractivity contribution in [2.45, 2.75) is 27.3 Å². The van der Waals surface area contributed by atoms with Crippen LogP contribution >= 0.6 is 0 Å². The molecule has 10 heteroatoms. The molecular weight excluding hydrogens is 528 g/mol. The first kappa shape index (κ1) is 27.3. The molecule has 0 bridgehead atoms. The lowest BCUT2D eigenvalue weighted by Crippen LogP contribution is -2.29. The van der Waals surface area contributed by atoms with E-state index in [-0.39, 0.29) is 22.7 Å². The maximum atomic E-state index is 15.1. The number of halogens is 2. The number of carbonyl (C=O) groups is 1. The van der Waals surface area contributed by atoms with Crippen molar-refractivity contribution in [2.75, 3.05) is 5.32 Å². The molecule has 5 rings (SSSR count). The first-order chi connectivity index (χ1) is 19.7. The van der Waals surface area contributed by atoms with E-state index < -0.39 is 23.0 Å². The highest BCUT2D eigenvalue weighted by molar-refractivity contribution is 6.03. The summed E-state index contributed by atoms with van der Waals surface area (Å²) in [6, 6.07) is 12.7. The van der Waals surface area contributed by atoms with Gasteiger partial charge in [-0.1, -0.05) is 18.7 Å². The third kappa shape index (κ3) is 5.44. The zero-order valence-corrected chi connectivity index (χ0v) is 22.5. The Bertz CT molecular complexity index is 1880. The van der Waals surface area contributed by atoms with Gasteiger partial charge in [0.05, 0.1) is 11.1 Å². The number of aromatic nitrogens is 4. The van der Waals surface area contributed by atoms with Crippen molar-refractivity contribution in [1.29, 1.82) is 0 Å². The number of benzene rings is 2. The number of anilines is 1. The summed E-state index contributed by atoms with van der Waals surface area (Å²) in [5.41, 5.74) is 2.98. The van der Waals surface area contributed by atoms with E-state index >= 15 is 4.39 Å². The Kier molecular flexibility index (Phi) is 7.39. The van der Waals surface area contributed by atoms with Crippen molar-refractivity contribution in [3.05, 3.63) is 112 Å². The number of carbonyl (C=O) groups excluding carboxylic acids is 1. The maximum absolute atomic E-state index is 15.1. The Morgan fingerprint density at radius 2 is 1.80 bits per heavy atom. The molecule has 5 aromatic rings. The Morgan fingerprint density at radius 3 is 2.49 bits per heavy atom. The second-order valence-electron chi connectivity index (χ2n) is 9.34. The van der Waals surface area contributed by atoms with Crippen LogP contribution < -0.4 is 15.5 Å². The monoisotopic (exact) mass is 553 g/mol. The molecule has 0 aliphatic rings. The molecule has 3 aromatic heterocycles. The van der Waals surface area contributed by atoms with Crippen LogP contribution in [0.15, 0.2) is 78.4 Å². The zero-order valence-electron chi connectivity index (χ0n) is 22.5. The van der Waals surface area contributed by atoms with E-state index in [2.05, 4.69) is 27.0 Å². The summed E-state index contributed by atoms with van der Waals surface area (Å²) in [5.74, 6) is -1.81. The predicted molar refractivity (Wildman–Crippen MR) is 153 cm³/mol. The van der Waals surface area contributed by atoms with E-state index in [4.69, 9.17) is 4.74 Å². The van der Waals surface area contributed by atoms with Crippen molar-refractivity contribution in [3.8, 4) is 22.6 Å². The van der Waals surface area contributed by atoms with Crippen LogP contribution in [0.1, 0.15) is 35.6 Å². The van der Waals surface area contributed by atoms with Crippen LogP contribution in [0.4, 0.5) is 14.5 Å². The molecule has 8 nitrogen and oxygen atoms in total. The lowest BCUT2D eigenvalue weighted by atomic mass is 10.0. The summed E-state index contributed by atoms with van der Waals surface area (Å²) >= 11 is 0. The maximum Gasteiger partial charge on any atom is 0.280 e. The fourth-order valence-electron chi connectivity index (χ4n) is 4.36. The van der Waals surface area contributed by atoms with Crippen LogP contribution in [-0.4, -0.2) is 25.7 Å². The lowest BCUT2D eigenvalue weighted by molar-refractivity contribution is 0.101. The van der Waals surface area contributed by atoms with E-state index in [1.165, 1.54) is 47.3 Å². The van der Waals surface area contributed by atoms with Crippen molar-refractivity contribution in [2.24, 2.45) is 0 Å². The molecule has 206 valence electrons. The van der Waals surface area contributed by atoms with Gasteiger partial charge in [-0.2, -0.15) is 5.10 Å². The second kappa shape index (κ2) is 11.1. The molecule has 0 unspecified atom stereocenters. The van der Waals surface area contributed by atoms with Gasteiger partial charge in [0.1, 0.15) is 11.3 Å². The van der Waals surface area contributed by atoms with Gasteiger partial charge in [0.2, 0.25) is 5.43 Å². The van der Waals surface area contributed by atoms with Gasteiger partial charge in [-0.3, -0.25) is 24.2 Å². The number of amides is 1. The van der Waals surface area contributed by atoms with E-state index in [0.29, 0.717) is 34.6 Å². The number of hydrogen-bond acceptors (Lipinski definition) is 6. The SMILES string of the molecule is C=C(C)c1cnc2c(Oc3ccc(NC(=O)c4nn(CC)c(C)c(-c5ccc(F)cc5)c4=O)cc3F)ccnc2c1. The number of nitrogens with one attached hydrogen (secondary N) is 1. The number of aryl methyl sites for hydroxylation is 1.